The Labute approximate surface area is 124 Å². The lowest BCUT2D eigenvalue weighted by atomic mass is 10.1. The highest BCUT2D eigenvalue weighted by atomic mass is 35.5. The first kappa shape index (κ1) is 14.9. The van der Waals surface area contributed by atoms with Gasteiger partial charge in [0, 0.05) is 29.7 Å². The van der Waals surface area contributed by atoms with Crippen LogP contribution in [-0.4, -0.2) is 24.4 Å². The zero-order valence-corrected chi connectivity index (χ0v) is 12.5. The van der Waals surface area contributed by atoms with Gasteiger partial charge < -0.3 is 10.2 Å². The van der Waals surface area contributed by atoms with E-state index in [0.717, 1.165) is 12.1 Å². The Morgan fingerprint density at radius 3 is 2.95 bits per heavy atom. The van der Waals surface area contributed by atoms with Gasteiger partial charge in [0.25, 0.3) is 0 Å². The van der Waals surface area contributed by atoms with E-state index >= 15 is 0 Å². The fraction of sp³-hybridized carbons (Fsp3) is 0.467. The summed E-state index contributed by atoms with van der Waals surface area (Å²) in [5.74, 6) is -0.357. The summed E-state index contributed by atoms with van der Waals surface area (Å²) in [5, 5.41) is 3.52. The SMILES string of the molecule is CC[C@H](C)NC(=O)[C@H]1CC(=O)N(c2cccc(Cl)c2)C1. The molecule has 0 saturated carbocycles. The molecule has 1 aromatic rings. The average molecular weight is 295 g/mol. The van der Waals surface area contributed by atoms with Gasteiger partial charge in [-0.2, -0.15) is 0 Å². The van der Waals surface area contributed by atoms with Gasteiger partial charge in [-0.1, -0.05) is 24.6 Å². The molecule has 0 bridgehead atoms. The molecule has 0 radical (unpaired) electrons. The van der Waals surface area contributed by atoms with Crippen molar-refractivity contribution in [2.24, 2.45) is 5.92 Å². The van der Waals surface area contributed by atoms with E-state index < -0.39 is 0 Å². The summed E-state index contributed by atoms with van der Waals surface area (Å²) in [6.07, 6.45) is 1.14. The van der Waals surface area contributed by atoms with Crippen molar-refractivity contribution in [3.8, 4) is 0 Å². The smallest absolute Gasteiger partial charge is 0.227 e. The molecule has 0 aromatic heterocycles. The summed E-state index contributed by atoms with van der Waals surface area (Å²) in [7, 11) is 0. The molecule has 0 spiro atoms. The maximum Gasteiger partial charge on any atom is 0.227 e. The van der Waals surface area contributed by atoms with Crippen molar-refractivity contribution in [2.45, 2.75) is 32.7 Å². The number of halogens is 1. The number of nitrogens with zero attached hydrogens (tertiary/aromatic N) is 1. The van der Waals surface area contributed by atoms with E-state index in [-0.39, 0.29) is 30.2 Å². The molecule has 1 aromatic carbocycles. The van der Waals surface area contributed by atoms with E-state index in [9.17, 15) is 9.59 Å². The highest BCUT2D eigenvalue weighted by Crippen LogP contribution is 2.27. The molecule has 2 atom stereocenters. The minimum atomic E-state index is -0.282. The molecule has 1 fully saturated rings. The van der Waals surface area contributed by atoms with Crippen LogP contribution in [0.1, 0.15) is 26.7 Å². The Kier molecular flexibility index (Phi) is 4.65. The topological polar surface area (TPSA) is 49.4 Å². The molecular weight excluding hydrogens is 276 g/mol. The maximum atomic E-state index is 12.1. The van der Waals surface area contributed by atoms with Crippen LogP contribution in [0.25, 0.3) is 0 Å². The third-order valence-corrected chi connectivity index (χ3v) is 3.85. The number of carbonyl (C=O) groups excluding carboxylic acids is 2. The predicted molar refractivity (Wildman–Crippen MR) is 79.8 cm³/mol. The van der Waals surface area contributed by atoms with E-state index in [4.69, 9.17) is 11.6 Å². The highest BCUT2D eigenvalue weighted by Gasteiger charge is 2.35. The molecule has 20 heavy (non-hydrogen) atoms. The highest BCUT2D eigenvalue weighted by molar-refractivity contribution is 6.30. The average Bonchev–Trinajstić information content (AvgIpc) is 2.80. The molecule has 4 nitrogen and oxygen atoms in total. The quantitative estimate of drug-likeness (QED) is 0.928. The number of hydrogen-bond acceptors (Lipinski definition) is 2. The van der Waals surface area contributed by atoms with E-state index in [0.29, 0.717) is 11.6 Å². The van der Waals surface area contributed by atoms with Crippen LogP contribution in [0.3, 0.4) is 0 Å². The summed E-state index contributed by atoms with van der Waals surface area (Å²) in [5.41, 5.74) is 0.751. The second-order valence-corrected chi connectivity index (χ2v) is 5.64. The van der Waals surface area contributed by atoms with Crippen LogP contribution in [0.4, 0.5) is 5.69 Å². The second-order valence-electron chi connectivity index (χ2n) is 5.20. The van der Waals surface area contributed by atoms with Crippen molar-refractivity contribution in [1.29, 1.82) is 0 Å². The van der Waals surface area contributed by atoms with Crippen LogP contribution in [-0.2, 0) is 9.59 Å². The monoisotopic (exact) mass is 294 g/mol. The standard InChI is InChI=1S/C15H19ClN2O2/c1-3-10(2)17-15(20)11-7-14(19)18(9-11)13-6-4-5-12(16)8-13/h4-6,8,10-11H,3,7,9H2,1-2H3,(H,17,20)/t10-,11-/m0/s1. The fourth-order valence-electron chi connectivity index (χ4n) is 2.24. The van der Waals surface area contributed by atoms with Crippen molar-refractivity contribution < 1.29 is 9.59 Å². The zero-order chi connectivity index (χ0) is 14.7. The first-order valence-corrected chi connectivity index (χ1v) is 7.25. The van der Waals surface area contributed by atoms with Crippen molar-refractivity contribution in [2.75, 3.05) is 11.4 Å². The van der Waals surface area contributed by atoms with Gasteiger partial charge in [-0.3, -0.25) is 9.59 Å². The molecular formula is C15H19ClN2O2. The van der Waals surface area contributed by atoms with Crippen LogP contribution in [0.5, 0.6) is 0 Å². The van der Waals surface area contributed by atoms with E-state index in [2.05, 4.69) is 5.32 Å². The van der Waals surface area contributed by atoms with Gasteiger partial charge >= 0.3 is 0 Å². The molecule has 2 rings (SSSR count). The first-order valence-electron chi connectivity index (χ1n) is 6.87. The Morgan fingerprint density at radius 1 is 1.55 bits per heavy atom. The third-order valence-electron chi connectivity index (χ3n) is 3.62. The maximum absolute atomic E-state index is 12.1. The lowest BCUT2D eigenvalue weighted by molar-refractivity contribution is -0.126. The molecule has 5 heteroatoms. The van der Waals surface area contributed by atoms with Crippen LogP contribution >= 0.6 is 11.6 Å². The van der Waals surface area contributed by atoms with Crippen LogP contribution in [0.2, 0.25) is 5.02 Å². The predicted octanol–water partition coefficient (Wildman–Crippen LogP) is 2.61. The second kappa shape index (κ2) is 6.27. The van der Waals surface area contributed by atoms with E-state index in [1.165, 1.54) is 0 Å². The molecule has 108 valence electrons. The van der Waals surface area contributed by atoms with Crippen molar-refractivity contribution in [3.63, 3.8) is 0 Å². The number of rotatable bonds is 4. The molecule has 1 aliphatic rings. The van der Waals surface area contributed by atoms with Gasteiger partial charge in [-0.25, -0.2) is 0 Å². The van der Waals surface area contributed by atoms with Gasteiger partial charge in [-0.15, -0.1) is 0 Å². The Morgan fingerprint density at radius 2 is 2.30 bits per heavy atom. The minimum Gasteiger partial charge on any atom is -0.353 e. The molecule has 1 aliphatic heterocycles. The molecule has 1 saturated heterocycles. The molecule has 1 N–H and O–H groups in total. The van der Waals surface area contributed by atoms with Crippen molar-refractivity contribution >= 4 is 29.1 Å². The Bertz CT molecular complexity index is 518. The Balaban J connectivity index is 2.05. The summed E-state index contributed by atoms with van der Waals surface area (Å²) in [6, 6.07) is 7.28. The van der Waals surface area contributed by atoms with Crippen LogP contribution in [0, 0.1) is 5.92 Å². The van der Waals surface area contributed by atoms with Gasteiger partial charge in [-0.05, 0) is 31.5 Å². The van der Waals surface area contributed by atoms with Crippen molar-refractivity contribution in [1.82, 2.24) is 5.32 Å². The summed E-state index contributed by atoms with van der Waals surface area (Å²) < 4.78 is 0. The number of amides is 2. The number of nitrogens with one attached hydrogen (secondary N) is 1. The van der Waals surface area contributed by atoms with Crippen molar-refractivity contribution in [3.05, 3.63) is 29.3 Å². The van der Waals surface area contributed by atoms with Crippen LogP contribution < -0.4 is 10.2 Å². The molecule has 0 aliphatic carbocycles. The summed E-state index contributed by atoms with van der Waals surface area (Å²) in [4.78, 5) is 25.8. The van der Waals surface area contributed by atoms with Crippen LogP contribution in [0.15, 0.2) is 24.3 Å². The molecule has 0 unspecified atom stereocenters. The lowest BCUT2D eigenvalue weighted by Crippen LogP contribution is -2.38. The normalized spacial score (nSPS) is 20.1. The number of hydrogen-bond donors (Lipinski definition) is 1. The van der Waals surface area contributed by atoms with Gasteiger partial charge in [0.1, 0.15) is 0 Å². The number of carbonyl (C=O) groups is 2. The number of benzene rings is 1. The molecule has 1 heterocycles. The zero-order valence-electron chi connectivity index (χ0n) is 11.7. The van der Waals surface area contributed by atoms with E-state index in [1.807, 2.05) is 19.9 Å². The van der Waals surface area contributed by atoms with Gasteiger partial charge in [0.05, 0.1) is 5.92 Å². The molecule has 2 amide bonds. The van der Waals surface area contributed by atoms with E-state index in [1.54, 1.807) is 23.1 Å². The summed E-state index contributed by atoms with van der Waals surface area (Å²) >= 11 is 5.94. The Hall–Kier alpha value is -1.55. The number of anilines is 1. The first-order chi connectivity index (χ1) is 9.51. The fourth-order valence-corrected chi connectivity index (χ4v) is 2.42. The third kappa shape index (κ3) is 3.31. The lowest BCUT2D eigenvalue weighted by Gasteiger charge is -2.18. The largest absolute Gasteiger partial charge is 0.353 e. The van der Waals surface area contributed by atoms with Gasteiger partial charge in [0.15, 0.2) is 0 Å². The minimum absolute atomic E-state index is 0.0310. The van der Waals surface area contributed by atoms with Gasteiger partial charge in [0.2, 0.25) is 11.8 Å². The summed E-state index contributed by atoms with van der Waals surface area (Å²) in [6.45, 7) is 4.40.